The van der Waals surface area contributed by atoms with Crippen LogP contribution in [0, 0.1) is 0 Å². The molecular formula is C15H22O7. The molecule has 0 spiro atoms. The third kappa shape index (κ3) is 15.6. The fraction of sp³-hybridized carbons (Fsp3) is 0.400. The van der Waals surface area contributed by atoms with E-state index < -0.39 is 17.9 Å². The first-order valence-corrected chi connectivity index (χ1v) is 6.30. The minimum absolute atomic E-state index is 0.153. The average molecular weight is 314 g/mol. The molecule has 0 aromatic heterocycles. The molecule has 0 unspecified atom stereocenters. The zero-order chi connectivity index (χ0) is 17.5. The maximum atomic E-state index is 10.9. The van der Waals surface area contributed by atoms with Crippen molar-refractivity contribution in [2.24, 2.45) is 0 Å². The molecule has 0 heterocycles. The van der Waals surface area contributed by atoms with Gasteiger partial charge in [0.15, 0.2) is 0 Å². The van der Waals surface area contributed by atoms with Crippen molar-refractivity contribution in [1.29, 1.82) is 0 Å². The molecule has 22 heavy (non-hydrogen) atoms. The molecule has 0 aromatic carbocycles. The first kappa shape index (κ1) is 21.9. The van der Waals surface area contributed by atoms with Gasteiger partial charge in [0.05, 0.1) is 13.2 Å². The van der Waals surface area contributed by atoms with Crippen LogP contribution in [0.1, 0.15) is 13.8 Å². The molecular weight excluding hydrogens is 292 g/mol. The predicted octanol–water partition coefficient (Wildman–Crippen LogP) is 1.50. The highest BCUT2D eigenvalue weighted by Crippen LogP contribution is 1.93. The molecule has 0 fully saturated rings. The fourth-order valence-electron chi connectivity index (χ4n) is 0.735. The summed E-state index contributed by atoms with van der Waals surface area (Å²) in [6.07, 6.45) is 0.833. The summed E-state index contributed by atoms with van der Waals surface area (Å²) in [6.45, 7) is 13.8. The number of rotatable bonds is 9. The first-order chi connectivity index (χ1) is 10.2. The number of hydrogen-bond acceptors (Lipinski definition) is 6. The number of hydrogen-bond donors (Lipinski definition) is 1. The van der Waals surface area contributed by atoms with Crippen molar-refractivity contribution in [2.75, 3.05) is 26.4 Å². The van der Waals surface area contributed by atoms with Crippen LogP contribution in [0.4, 0.5) is 0 Å². The molecule has 7 nitrogen and oxygen atoms in total. The van der Waals surface area contributed by atoms with Crippen LogP contribution in [0.15, 0.2) is 37.0 Å². The molecule has 0 saturated heterocycles. The Kier molecular flexibility index (Phi) is 13.5. The fourth-order valence-corrected chi connectivity index (χ4v) is 0.735. The van der Waals surface area contributed by atoms with Crippen molar-refractivity contribution in [1.82, 2.24) is 0 Å². The van der Waals surface area contributed by atoms with Gasteiger partial charge in [0, 0.05) is 17.2 Å². The van der Waals surface area contributed by atoms with E-state index in [1.165, 1.54) is 0 Å². The van der Waals surface area contributed by atoms with Crippen LogP contribution in [0.25, 0.3) is 0 Å². The zero-order valence-electron chi connectivity index (χ0n) is 12.9. The van der Waals surface area contributed by atoms with Gasteiger partial charge in [-0.25, -0.2) is 14.4 Å². The first-order valence-electron chi connectivity index (χ1n) is 6.30. The Hall–Kier alpha value is -2.41. The monoisotopic (exact) mass is 314 g/mol. The van der Waals surface area contributed by atoms with E-state index in [1.807, 2.05) is 0 Å². The minimum Gasteiger partial charge on any atom is -0.478 e. The molecule has 0 amide bonds. The second-order valence-corrected chi connectivity index (χ2v) is 3.99. The summed E-state index contributed by atoms with van der Waals surface area (Å²) in [5.74, 6) is -1.87. The van der Waals surface area contributed by atoms with Gasteiger partial charge in [0.2, 0.25) is 0 Å². The number of carboxylic acids is 1. The van der Waals surface area contributed by atoms with E-state index in [2.05, 4.69) is 19.7 Å². The number of ether oxygens (including phenoxy) is 3. The van der Waals surface area contributed by atoms with E-state index in [0.717, 1.165) is 6.08 Å². The summed E-state index contributed by atoms with van der Waals surface area (Å²) < 4.78 is 14.6. The van der Waals surface area contributed by atoms with Gasteiger partial charge in [0.1, 0.15) is 13.2 Å². The highest BCUT2D eigenvalue weighted by Gasteiger charge is 2.03. The number of aliphatic carboxylic acids is 1. The standard InChI is InChI=1S/C12H18O5.C3H4O2/c1-9(2)11(13)16-7-5-15-6-8-17-12(14)10(3)4;1-2-3(4)5/h1,3,5-8H2,2,4H3;2H,1H2,(H,4,5). The van der Waals surface area contributed by atoms with Crippen molar-refractivity contribution >= 4 is 17.9 Å². The second kappa shape index (κ2) is 13.6. The third-order valence-electron chi connectivity index (χ3n) is 1.79. The second-order valence-electron chi connectivity index (χ2n) is 3.99. The molecule has 0 bridgehead atoms. The topological polar surface area (TPSA) is 99.1 Å². The molecule has 1 N–H and O–H groups in total. The van der Waals surface area contributed by atoms with Crippen LogP contribution < -0.4 is 0 Å². The molecule has 0 aliphatic rings. The summed E-state index contributed by atoms with van der Waals surface area (Å²) in [4.78, 5) is 31.1. The van der Waals surface area contributed by atoms with Crippen LogP contribution in [0.2, 0.25) is 0 Å². The van der Waals surface area contributed by atoms with Crippen LogP contribution >= 0.6 is 0 Å². The Balaban J connectivity index is 0. The SMILES string of the molecule is C=C(C)C(=O)OCCOCCOC(=O)C(=C)C.C=CC(=O)O. The van der Waals surface area contributed by atoms with Gasteiger partial charge in [0.25, 0.3) is 0 Å². The van der Waals surface area contributed by atoms with Gasteiger partial charge in [-0.15, -0.1) is 0 Å². The molecule has 0 radical (unpaired) electrons. The van der Waals surface area contributed by atoms with Gasteiger partial charge in [-0.05, 0) is 13.8 Å². The van der Waals surface area contributed by atoms with Crippen molar-refractivity contribution in [3.8, 4) is 0 Å². The van der Waals surface area contributed by atoms with Crippen molar-refractivity contribution in [3.63, 3.8) is 0 Å². The molecule has 7 heteroatoms. The Morgan fingerprint density at radius 1 is 0.909 bits per heavy atom. The number of carboxylic acid groups (broad SMARTS) is 1. The Labute approximate surface area is 129 Å². The maximum Gasteiger partial charge on any atom is 0.333 e. The van der Waals surface area contributed by atoms with E-state index in [0.29, 0.717) is 11.1 Å². The minimum atomic E-state index is -0.981. The van der Waals surface area contributed by atoms with Gasteiger partial charge >= 0.3 is 17.9 Å². The lowest BCUT2D eigenvalue weighted by Crippen LogP contribution is -2.14. The molecule has 0 atom stereocenters. The average Bonchev–Trinajstić information content (AvgIpc) is 2.45. The Bertz CT molecular complexity index is 394. The van der Waals surface area contributed by atoms with E-state index >= 15 is 0 Å². The zero-order valence-corrected chi connectivity index (χ0v) is 12.9. The Morgan fingerprint density at radius 2 is 1.23 bits per heavy atom. The molecule has 0 saturated carbocycles. The van der Waals surface area contributed by atoms with E-state index in [-0.39, 0.29) is 26.4 Å². The van der Waals surface area contributed by atoms with Gasteiger partial charge in [-0.3, -0.25) is 0 Å². The summed E-state index contributed by atoms with van der Waals surface area (Å²) in [7, 11) is 0. The van der Waals surface area contributed by atoms with Crippen LogP contribution in [-0.2, 0) is 28.6 Å². The third-order valence-corrected chi connectivity index (χ3v) is 1.79. The molecule has 0 aliphatic carbocycles. The Morgan fingerprint density at radius 3 is 1.45 bits per heavy atom. The molecule has 0 rings (SSSR count). The maximum absolute atomic E-state index is 10.9. The van der Waals surface area contributed by atoms with Gasteiger partial charge in [-0.2, -0.15) is 0 Å². The normalized spacial score (nSPS) is 8.82. The lowest BCUT2D eigenvalue weighted by atomic mass is 10.4. The van der Waals surface area contributed by atoms with E-state index in [4.69, 9.17) is 19.3 Å². The van der Waals surface area contributed by atoms with Gasteiger partial charge < -0.3 is 19.3 Å². The summed E-state index contributed by atoms with van der Waals surface area (Å²) >= 11 is 0. The van der Waals surface area contributed by atoms with Crippen LogP contribution in [0.3, 0.4) is 0 Å². The van der Waals surface area contributed by atoms with Crippen LogP contribution in [-0.4, -0.2) is 49.4 Å². The smallest absolute Gasteiger partial charge is 0.333 e. The summed E-state index contributed by atoms with van der Waals surface area (Å²) in [6, 6.07) is 0. The lowest BCUT2D eigenvalue weighted by Gasteiger charge is -2.06. The highest BCUT2D eigenvalue weighted by atomic mass is 16.6. The molecule has 0 aromatic rings. The van der Waals surface area contributed by atoms with Gasteiger partial charge in [-0.1, -0.05) is 19.7 Å². The molecule has 0 aliphatic heterocycles. The number of esters is 2. The summed E-state index contributed by atoms with van der Waals surface area (Å²) in [5.41, 5.74) is 0.695. The van der Waals surface area contributed by atoms with E-state index in [1.54, 1.807) is 13.8 Å². The number of carbonyl (C=O) groups is 3. The van der Waals surface area contributed by atoms with E-state index in [9.17, 15) is 14.4 Å². The quantitative estimate of drug-likeness (QED) is 0.391. The van der Waals surface area contributed by atoms with Crippen molar-refractivity contribution in [3.05, 3.63) is 37.0 Å². The van der Waals surface area contributed by atoms with Crippen molar-refractivity contribution in [2.45, 2.75) is 13.8 Å². The van der Waals surface area contributed by atoms with Crippen LogP contribution in [0.5, 0.6) is 0 Å². The molecule has 124 valence electrons. The lowest BCUT2D eigenvalue weighted by molar-refractivity contribution is -0.142. The number of carbonyl (C=O) groups excluding carboxylic acids is 2. The highest BCUT2D eigenvalue weighted by molar-refractivity contribution is 5.87. The van der Waals surface area contributed by atoms with Crippen molar-refractivity contribution < 1.29 is 33.7 Å². The summed E-state index contributed by atoms with van der Waals surface area (Å²) in [5, 5.41) is 7.60. The predicted molar refractivity (Wildman–Crippen MR) is 80.2 cm³/mol. The largest absolute Gasteiger partial charge is 0.478 e.